The van der Waals surface area contributed by atoms with Crippen LogP contribution in [0.2, 0.25) is 0 Å². The molecule has 1 rings (SSSR count). The van der Waals surface area contributed by atoms with E-state index in [1.54, 1.807) is 6.07 Å². The number of H-pyrrole nitrogens is 1. The van der Waals surface area contributed by atoms with Gasteiger partial charge in [-0.1, -0.05) is 13.8 Å². The van der Waals surface area contributed by atoms with Gasteiger partial charge in [0, 0.05) is 6.07 Å². The van der Waals surface area contributed by atoms with Crippen LogP contribution in [0, 0.1) is 5.92 Å². The van der Waals surface area contributed by atoms with Crippen LogP contribution in [0.4, 0.5) is 0 Å². The molecule has 0 amide bonds. The number of hydrogen-bond donors (Lipinski definition) is 1. The van der Waals surface area contributed by atoms with Crippen LogP contribution in [0.1, 0.15) is 19.5 Å². The highest BCUT2D eigenvalue weighted by atomic mass is 16.1. The highest BCUT2D eigenvalue weighted by Crippen LogP contribution is 2.01. The van der Waals surface area contributed by atoms with Crippen LogP contribution in [0.15, 0.2) is 16.9 Å². The van der Waals surface area contributed by atoms with Crippen molar-refractivity contribution >= 4 is 0 Å². The molecule has 0 aliphatic rings. The van der Waals surface area contributed by atoms with Gasteiger partial charge in [0.05, 0.1) is 5.69 Å². The van der Waals surface area contributed by atoms with E-state index in [0.29, 0.717) is 5.92 Å². The first-order valence-electron chi connectivity index (χ1n) is 3.73. The van der Waals surface area contributed by atoms with Crippen molar-refractivity contribution in [2.24, 2.45) is 5.92 Å². The Morgan fingerprint density at radius 1 is 1.55 bits per heavy atom. The fourth-order valence-electron chi connectivity index (χ4n) is 0.905. The van der Waals surface area contributed by atoms with Crippen molar-refractivity contribution in [2.75, 3.05) is 0 Å². The summed E-state index contributed by atoms with van der Waals surface area (Å²) in [6.45, 7) is 4.24. The van der Waals surface area contributed by atoms with Crippen LogP contribution in [0.3, 0.4) is 0 Å². The number of nitrogens with one attached hydrogen (secondary N) is 1. The van der Waals surface area contributed by atoms with E-state index in [4.69, 9.17) is 0 Å². The van der Waals surface area contributed by atoms with Crippen molar-refractivity contribution in [3.8, 4) is 0 Å². The van der Waals surface area contributed by atoms with Crippen molar-refractivity contribution in [3.63, 3.8) is 0 Å². The molecular weight excluding hydrogens is 140 g/mol. The van der Waals surface area contributed by atoms with Gasteiger partial charge >= 0.3 is 0 Å². The molecule has 0 aliphatic carbocycles. The number of rotatable bonds is 2. The van der Waals surface area contributed by atoms with Gasteiger partial charge in [0.25, 0.3) is 5.56 Å². The van der Waals surface area contributed by atoms with Crippen LogP contribution in [-0.2, 0) is 6.42 Å². The van der Waals surface area contributed by atoms with Crippen LogP contribution in [0.25, 0.3) is 0 Å². The monoisotopic (exact) mass is 152 g/mol. The summed E-state index contributed by atoms with van der Waals surface area (Å²) in [6, 6.07) is 3.27. The van der Waals surface area contributed by atoms with Gasteiger partial charge < -0.3 is 0 Å². The average molecular weight is 152 g/mol. The molecule has 1 aromatic rings. The third-order valence-corrected chi connectivity index (χ3v) is 1.35. The molecule has 0 aliphatic heterocycles. The van der Waals surface area contributed by atoms with Gasteiger partial charge in [0.15, 0.2) is 0 Å². The highest BCUT2D eigenvalue weighted by Gasteiger charge is 1.97. The largest absolute Gasteiger partial charge is 0.268 e. The van der Waals surface area contributed by atoms with E-state index in [1.165, 1.54) is 6.07 Å². The number of aromatic nitrogens is 2. The summed E-state index contributed by atoms with van der Waals surface area (Å²) in [4.78, 5) is 10.6. The molecule has 1 aromatic heterocycles. The quantitative estimate of drug-likeness (QED) is 0.686. The van der Waals surface area contributed by atoms with Gasteiger partial charge in [0.1, 0.15) is 0 Å². The molecule has 0 bridgehead atoms. The van der Waals surface area contributed by atoms with E-state index in [0.717, 1.165) is 12.1 Å². The Kier molecular flexibility index (Phi) is 2.41. The third kappa shape index (κ3) is 2.53. The minimum Gasteiger partial charge on any atom is -0.268 e. The van der Waals surface area contributed by atoms with Crippen LogP contribution in [-0.4, -0.2) is 10.2 Å². The SMILES string of the molecule is CC(C)Cc1ccc(=O)[nH]n1. The predicted molar refractivity (Wildman–Crippen MR) is 43.4 cm³/mol. The van der Waals surface area contributed by atoms with Gasteiger partial charge in [-0.3, -0.25) is 4.79 Å². The summed E-state index contributed by atoms with van der Waals surface area (Å²) in [7, 11) is 0. The molecule has 0 unspecified atom stereocenters. The Labute approximate surface area is 65.5 Å². The van der Waals surface area contributed by atoms with Gasteiger partial charge in [-0.2, -0.15) is 5.10 Å². The molecule has 3 heteroatoms. The van der Waals surface area contributed by atoms with Gasteiger partial charge in [0.2, 0.25) is 0 Å². The van der Waals surface area contributed by atoms with E-state index in [1.807, 2.05) is 0 Å². The Morgan fingerprint density at radius 3 is 2.73 bits per heavy atom. The summed E-state index contributed by atoms with van der Waals surface area (Å²) in [6.07, 6.45) is 0.913. The highest BCUT2D eigenvalue weighted by molar-refractivity contribution is 4.99. The molecule has 0 atom stereocenters. The first kappa shape index (κ1) is 7.98. The zero-order chi connectivity index (χ0) is 8.27. The maximum Gasteiger partial charge on any atom is 0.264 e. The first-order chi connectivity index (χ1) is 5.18. The van der Waals surface area contributed by atoms with E-state index in [-0.39, 0.29) is 5.56 Å². The van der Waals surface area contributed by atoms with Gasteiger partial charge in [-0.25, -0.2) is 5.10 Å². The first-order valence-corrected chi connectivity index (χ1v) is 3.73. The van der Waals surface area contributed by atoms with Crippen LogP contribution < -0.4 is 5.56 Å². The molecule has 0 saturated carbocycles. The Bertz CT molecular complexity index is 257. The summed E-state index contributed by atoms with van der Waals surface area (Å²) >= 11 is 0. The lowest BCUT2D eigenvalue weighted by atomic mass is 10.1. The minimum absolute atomic E-state index is 0.141. The van der Waals surface area contributed by atoms with E-state index >= 15 is 0 Å². The number of hydrogen-bond acceptors (Lipinski definition) is 2. The molecule has 0 fully saturated rings. The maximum absolute atomic E-state index is 10.6. The molecule has 11 heavy (non-hydrogen) atoms. The molecule has 1 N–H and O–H groups in total. The standard InChI is InChI=1S/C8H12N2O/c1-6(2)5-7-3-4-8(11)10-9-7/h3-4,6H,5H2,1-2H3,(H,10,11). The molecule has 0 spiro atoms. The van der Waals surface area contributed by atoms with E-state index in [9.17, 15) is 4.79 Å². The second-order valence-electron chi connectivity index (χ2n) is 3.01. The Balaban J connectivity index is 2.74. The van der Waals surface area contributed by atoms with Crippen LogP contribution >= 0.6 is 0 Å². The summed E-state index contributed by atoms with van der Waals surface area (Å²) < 4.78 is 0. The molecule has 0 radical (unpaired) electrons. The molecule has 0 aromatic carbocycles. The Hall–Kier alpha value is -1.12. The zero-order valence-corrected chi connectivity index (χ0v) is 6.79. The second-order valence-corrected chi connectivity index (χ2v) is 3.01. The van der Waals surface area contributed by atoms with E-state index < -0.39 is 0 Å². The molecule has 60 valence electrons. The molecule has 0 saturated heterocycles. The zero-order valence-electron chi connectivity index (χ0n) is 6.79. The lowest BCUT2D eigenvalue weighted by Crippen LogP contribution is -2.08. The lowest BCUT2D eigenvalue weighted by molar-refractivity contribution is 0.626. The van der Waals surface area contributed by atoms with Crippen molar-refractivity contribution in [1.29, 1.82) is 0 Å². The van der Waals surface area contributed by atoms with E-state index in [2.05, 4.69) is 24.0 Å². The van der Waals surface area contributed by atoms with Crippen molar-refractivity contribution in [1.82, 2.24) is 10.2 Å². The topological polar surface area (TPSA) is 45.8 Å². The fraction of sp³-hybridized carbons (Fsp3) is 0.500. The summed E-state index contributed by atoms with van der Waals surface area (Å²) in [5, 5.41) is 6.28. The second kappa shape index (κ2) is 3.32. The summed E-state index contributed by atoms with van der Waals surface area (Å²) in [5.41, 5.74) is 0.803. The van der Waals surface area contributed by atoms with Crippen molar-refractivity contribution < 1.29 is 0 Å². The predicted octanol–water partition coefficient (Wildman–Crippen LogP) is 0.968. The molecular formula is C8H12N2O. The number of aromatic amines is 1. The molecule has 1 heterocycles. The smallest absolute Gasteiger partial charge is 0.264 e. The average Bonchev–Trinajstić information content (AvgIpc) is 1.93. The minimum atomic E-state index is -0.141. The van der Waals surface area contributed by atoms with Gasteiger partial charge in [-0.15, -0.1) is 0 Å². The maximum atomic E-state index is 10.6. The van der Waals surface area contributed by atoms with Crippen molar-refractivity contribution in [2.45, 2.75) is 20.3 Å². The van der Waals surface area contributed by atoms with Crippen molar-refractivity contribution in [3.05, 3.63) is 28.2 Å². The fourth-order valence-corrected chi connectivity index (χ4v) is 0.905. The summed E-state index contributed by atoms with van der Waals surface area (Å²) in [5.74, 6) is 0.577. The molecule has 3 nitrogen and oxygen atoms in total. The Morgan fingerprint density at radius 2 is 2.27 bits per heavy atom. The lowest BCUT2D eigenvalue weighted by Gasteiger charge is -2.01. The van der Waals surface area contributed by atoms with Crippen LogP contribution in [0.5, 0.6) is 0 Å². The normalized spacial score (nSPS) is 10.5. The number of nitrogens with zero attached hydrogens (tertiary/aromatic N) is 1. The third-order valence-electron chi connectivity index (χ3n) is 1.35. The van der Waals surface area contributed by atoms with Gasteiger partial charge in [-0.05, 0) is 18.4 Å².